The molecule has 2 N–H and O–H groups in total. The molecule has 2 aromatic heterocycles. The Bertz CT molecular complexity index is 653. The van der Waals surface area contributed by atoms with E-state index in [9.17, 15) is 0 Å². The Balaban J connectivity index is 2.32. The number of aromatic nitrogens is 2. The van der Waals surface area contributed by atoms with Gasteiger partial charge in [0.05, 0.1) is 17.3 Å². The third kappa shape index (κ3) is 1.45. The number of furan rings is 1. The zero-order valence-corrected chi connectivity index (χ0v) is 9.55. The summed E-state index contributed by atoms with van der Waals surface area (Å²) < 4.78 is 7.41. The van der Waals surface area contributed by atoms with E-state index < -0.39 is 0 Å². The maximum atomic E-state index is 5.72. The summed E-state index contributed by atoms with van der Waals surface area (Å²) in [5.74, 6) is 1.59. The molecule has 0 aliphatic rings. The Morgan fingerprint density at radius 2 is 2.18 bits per heavy atom. The van der Waals surface area contributed by atoms with E-state index in [1.165, 1.54) is 0 Å². The molecule has 0 atom stereocenters. The van der Waals surface area contributed by atoms with Gasteiger partial charge in [0, 0.05) is 13.6 Å². The summed E-state index contributed by atoms with van der Waals surface area (Å²) in [5.41, 5.74) is 8.79. The summed E-state index contributed by atoms with van der Waals surface area (Å²) in [6.45, 7) is 0.492. The van der Waals surface area contributed by atoms with Gasteiger partial charge < -0.3 is 14.7 Å². The van der Waals surface area contributed by atoms with Crippen molar-refractivity contribution in [2.75, 3.05) is 0 Å². The van der Waals surface area contributed by atoms with Crippen LogP contribution >= 0.6 is 0 Å². The summed E-state index contributed by atoms with van der Waals surface area (Å²) in [6, 6.07) is 9.80. The van der Waals surface area contributed by atoms with Gasteiger partial charge in [-0.25, -0.2) is 4.98 Å². The molecule has 2 heterocycles. The van der Waals surface area contributed by atoms with Gasteiger partial charge in [-0.05, 0) is 23.8 Å². The Hall–Kier alpha value is -2.07. The van der Waals surface area contributed by atoms with E-state index in [0.29, 0.717) is 6.54 Å². The van der Waals surface area contributed by atoms with Gasteiger partial charge in [-0.15, -0.1) is 0 Å². The number of benzene rings is 1. The van der Waals surface area contributed by atoms with Crippen molar-refractivity contribution < 1.29 is 4.42 Å². The zero-order valence-electron chi connectivity index (χ0n) is 9.55. The fraction of sp³-hybridized carbons (Fsp3) is 0.154. The minimum absolute atomic E-state index is 0.492. The van der Waals surface area contributed by atoms with Crippen LogP contribution in [0.5, 0.6) is 0 Å². The second-order valence-corrected chi connectivity index (χ2v) is 3.96. The predicted octanol–water partition coefficient (Wildman–Crippen LogP) is 2.29. The van der Waals surface area contributed by atoms with Gasteiger partial charge >= 0.3 is 0 Å². The topological polar surface area (TPSA) is 57.0 Å². The quantitative estimate of drug-likeness (QED) is 0.730. The van der Waals surface area contributed by atoms with E-state index in [1.807, 2.05) is 41.9 Å². The average molecular weight is 227 g/mol. The minimum Gasteiger partial charge on any atom is -0.461 e. The van der Waals surface area contributed by atoms with Crippen molar-refractivity contribution in [2.24, 2.45) is 12.8 Å². The van der Waals surface area contributed by atoms with Gasteiger partial charge in [-0.3, -0.25) is 0 Å². The van der Waals surface area contributed by atoms with Crippen molar-refractivity contribution >= 4 is 11.0 Å². The fourth-order valence-corrected chi connectivity index (χ4v) is 2.06. The standard InChI is InChI=1S/C13H13N3O/c1-16-10-5-2-4-9(8-14)12(10)15-13(16)11-6-3-7-17-11/h2-7H,8,14H2,1H3. The number of rotatable bonds is 2. The molecule has 0 radical (unpaired) electrons. The first kappa shape index (κ1) is 10.1. The molecule has 0 saturated heterocycles. The highest BCUT2D eigenvalue weighted by molar-refractivity contribution is 5.82. The van der Waals surface area contributed by atoms with E-state index in [2.05, 4.69) is 4.98 Å². The molecular weight excluding hydrogens is 214 g/mol. The van der Waals surface area contributed by atoms with Crippen LogP contribution in [-0.4, -0.2) is 9.55 Å². The summed E-state index contributed by atoms with van der Waals surface area (Å²) in [6.07, 6.45) is 1.65. The highest BCUT2D eigenvalue weighted by Gasteiger charge is 2.13. The Morgan fingerprint density at radius 3 is 2.88 bits per heavy atom. The number of para-hydroxylation sites is 1. The molecule has 0 spiro atoms. The van der Waals surface area contributed by atoms with Crippen LogP contribution in [0.1, 0.15) is 5.56 Å². The molecule has 0 unspecified atom stereocenters. The molecule has 3 aromatic rings. The SMILES string of the molecule is Cn1c(-c2ccco2)nc2c(CN)cccc21. The first-order chi connectivity index (χ1) is 8.31. The summed E-state index contributed by atoms with van der Waals surface area (Å²) in [5, 5.41) is 0. The number of aryl methyl sites for hydroxylation is 1. The van der Waals surface area contributed by atoms with Crippen LogP contribution in [0.3, 0.4) is 0 Å². The van der Waals surface area contributed by atoms with Crippen molar-refractivity contribution in [2.45, 2.75) is 6.54 Å². The van der Waals surface area contributed by atoms with Crippen LogP contribution in [0, 0.1) is 0 Å². The molecular formula is C13H13N3O. The maximum Gasteiger partial charge on any atom is 0.176 e. The summed E-state index contributed by atoms with van der Waals surface area (Å²) in [4.78, 5) is 4.61. The number of hydrogen-bond donors (Lipinski definition) is 1. The molecule has 0 bridgehead atoms. The molecule has 4 nitrogen and oxygen atoms in total. The van der Waals surface area contributed by atoms with Crippen molar-refractivity contribution in [1.82, 2.24) is 9.55 Å². The third-order valence-corrected chi connectivity index (χ3v) is 2.96. The highest BCUT2D eigenvalue weighted by Crippen LogP contribution is 2.25. The maximum absolute atomic E-state index is 5.72. The van der Waals surface area contributed by atoms with Crippen LogP contribution in [0.4, 0.5) is 0 Å². The van der Waals surface area contributed by atoms with E-state index in [4.69, 9.17) is 10.2 Å². The number of fused-ring (bicyclic) bond motifs is 1. The Labute approximate surface area is 98.7 Å². The number of nitrogens with zero attached hydrogens (tertiary/aromatic N) is 2. The van der Waals surface area contributed by atoms with Gasteiger partial charge in [-0.2, -0.15) is 0 Å². The number of nitrogens with two attached hydrogens (primary N) is 1. The molecule has 17 heavy (non-hydrogen) atoms. The molecule has 3 rings (SSSR count). The lowest BCUT2D eigenvalue weighted by Crippen LogP contribution is -1.97. The van der Waals surface area contributed by atoms with E-state index in [1.54, 1.807) is 6.26 Å². The van der Waals surface area contributed by atoms with Gasteiger partial charge in [0.25, 0.3) is 0 Å². The lowest BCUT2D eigenvalue weighted by Gasteiger charge is -1.99. The van der Waals surface area contributed by atoms with Crippen molar-refractivity contribution in [1.29, 1.82) is 0 Å². The molecule has 4 heteroatoms. The highest BCUT2D eigenvalue weighted by atomic mass is 16.3. The van der Waals surface area contributed by atoms with E-state index in [0.717, 1.165) is 28.2 Å². The first-order valence-electron chi connectivity index (χ1n) is 5.49. The van der Waals surface area contributed by atoms with Crippen LogP contribution < -0.4 is 5.73 Å². The Kier molecular flexibility index (Phi) is 2.23. The third-order valence-electron chi connectivity index (χ3n) is 2.96. The van der Waals surface area contributed by atoms with Crippen LogP contribution in [0.25, 0.3) is 22.6 Å². The lowest BCUT2D eigenvalue weighted by atomic mass is 10.2. The van der Waals surface area contributed by atoms with Crippen molar-refractivity contribution in [3.05, 3.63) is 42.2 Å². The van der Waals surface area contributed by atoms with E-state index >= 15 is 0 Å². The predicted molar refractivity (Wildman–Crippen MR) is 66.3 cm³/mol. The smallest absolute Gasteiger partial charge is 0.176 e. The monoisotopic (exact) mass is 227 g/mol. The molecule has 0 aliphatic carbocycles. The molecule has 0 amide bonds. The fourth-order valence-electron chi connectivity index (χ4n) is 2.06. The van der Waals surface area contributed by atoms with Gasteiger partial charge in [0.15, 0.2) is 11.6 Å². The Morgan fingerprint density at radius 1 is 1.29 bits per heavy atom. The molecule has 1 aromatic carbocycles. The molecule has 0 fully saturated rings. The van der Waals surface area contributed by atoms with Crippen LogP contribution in [-0.2, 0) is 13.6 Å². The van der Waals surface area contributed by atoms with Crippen molar-refractivity contribution in [3.8, 4) is 11.6 Å². The molecule has 0 aliphatic heterocycles. The van der Waals surface area contributed by atoms with Crippen molar-refractivity contribution in [3.63, 3.8) is 0 Å². The van der Waals surface area contributed by atoms with Crippen LogP contribution in [0.15, 0.2) is 41.0 Å². The lowest BCUT2D eigenvalue weighted by molar-refractivity contribution is 0.574. The minimum atomic E-state index is 0.492. The van der Waals surface area contributed by atoms with Gasteiger partial charge in [0.1, 0.15) is 0 Å². The summed E-state index contributed by atoms with van der Waals surface area (Å²) >= 11 is 0. The average Bonchev–Trinajstić information content (AvgIpc) is 2.97. The van der Waals surface area contributed by atoms with E-state index in [-0.39, 0.29) is 0 Å². The number of imidazole rings is 1. The number of hydrogen-bond acceptors (Lipinski definition) is 3. The van der Waals surface area contributed by atoms with Gasteiger partial charge in [-0.1, -0.05) is 12.1 Å². The molecule has 86 valence electrons. The largest absolute Gasteiger partial charge is 0.461 e. The second-order valence-electron chi connectivity index (χ2n) is 3.96. The first-order valence-corrected chi connectivity index (χ1v) is 5.49. The van der Waals surface area contributed by atoms with Gasteiger partial charge in [0.2, 0.25) is 0 Å². The molecule has 0 saturated carbocycles. The zero-order chi connectivity index (χ0) is 11.8. The second kappa shape index (κ2) is 3.75. The normalized spacial score (nSPS) is 11.2. The summed E-state index contributed by atoms with van der Waals surface area (Å²) in [7, 11) is 1.98. The van der Waals surface area contributed by atoms with Crippen LogP contribution in [0.2, 0.25) is 0 Å².